The van der Waals surface area contributed by atoms with Gasteiger partial charge in [0, 0.05) is 0 Å². The first-order chi connectivity index (χ1) is 4.41. The van der Waals surface area contributed by atoms with Crippen molar-refractivity contribution in [3.05, 3.63) is 46.5 Å². The quantitative estimate of drug-likeness (QED) is 0.267. The fourth-order valence-electron chi connectivity index (χ4n) is 0.385. The summed E-state index contributed by atoms with van der Waals surface area (Å²) in [5, 5.41) is 9.00. The van der Waals surface area contributed by atoms with Crippen molar-refractivity contribution < 1.29 is 29.6 Å². The third-order valence-corrected chi connectivity index (χ3v) is 0.667. The molecule has 0 aliphatic carbocycles. The number of rotatable bonds is 0. The second-order valence-electron chi connectivity index (χ2n) is 1.23. The van der Waals surface area contributed by atoms with Crippen LogP contribution in [-0.4, -0.2) is 0 Å². The molecule has 0 amide bonds. The summed E-state index contributed by atoms with van der Waals surface area (Å²) in [5.41, 5.74) is 0. The van der Waals surface area contributed by atoms with Crippen LogP contribution in [0.1, 0.15) is 0 Å². The van der Waals surface area contributed by atoms with Gasteiger partial charge < -0.3 is 10.1 Å². The molecule has 48 valence electrons. The van der Waals surface area contributed by atoms with Crippen molar-refractivity contribution in [1.29, 1.82) is 0 Å². The molecular weight excluding hydrogens is 141 g/mol. The van der Waals surface area contributed by atoms with E-state index in [0.717, 1.165) is 5.34 Å². The molecular formula is C6H6NNaO2. The Morgan fingerprint density at radius 2 is 1.00 bits per heavy atom. The normalized spacial score (nSPS) is 6.00. The molecule has 4 heteroatoms. The van der Waals surface area contributed by atoms with Gasteiger partial charge in [0.25, 0.3) is 0 Å². The molecule has 0 heterocycles. The topological polar surface area (TPSA) is 52.5 Å². The van der Waals surface area contributed by atoms with Gasteiger partial charge in [0.2, 0.25) is 0 Å². The molecule has 0 radical (unpaired) electrons. The minimum atomic E-state index is 0. The van der Waals surface area contributed by atoms with Gasteiger partial charge in [-0.25, -0.2) is 0 Å². The maximum Gasteiger partial charge on any atom is 1.00 e. The minimum absolute atomic E-state index is 0. The Morgan fingerprint density at radius 3 is 1.10 bits per heavy atom. The first-order valence-corrected chi connectivity index (χ1v) is 2.37. The second-order valence-corrected chi connectivity index (χ2v) is 1.23. The molecule has 0 aromatic heterocycles. The smallest absolute Gasteiger partial charge is 0.444 e. The fourth-order valence-corrected chi connectivity index (χ4v) is 0.385. The van der Waals surface area contributed by atoms with Gasteiger partial charge in [0.05, 0.1) is 0 Å². The maximum atomic E-state index is 8.00. The van der Waals surface area contributed by atoms with Crippen molar-refractivity contribution in [1.82, 2.24) is 0 Å². The summed E-state index contributed by atoms with van der Waals surface area (Å²) in [6, 6.07) is 12.0. The molecule has 0 unspecified atom stereocenters. The summed E-state index contributed by atoms with van der Waals surface area (Å²) in [5.74, 6) is 0. The van der Waals surface area contributed by atoms with E-state index in [1.807, 2.05) is 36.4 Å². The standard InChI is InChI=1S/C6H6.HNO2.Na/c1-2-4-6-5-3-1;2-1-3;/h1-6H;(H,2,3);/q;;+1/p-1. The van der Waals surface area contributed by atoms with Crippen LogP contribution in [-0.2, 0) is 0 Å². The van der Waals surface area contributed by atoms with Crippen LogP contribution in [0.15, 0.2) is 41.7 Å². The van der Waals surface area contributed by atoms with E-state index in [0.29, 0.717) is 0 Å². The molecule has 10 heavy (non-hydrogen) atoms. The van der Waals surface area contributed by atoms with Crippen LogP contribution in [0.3, 0.4) is 0 Å². The second kappa shape index (κ2) is 11.4. The summed E-state index contributed by atoms with van der Waals surface area (Å²) >= 11 is 0. The molecule has 0 spiro atoms. The number of hydrogen-bond acceptors (Lipinski definition) is 3. The third kappa shape index (κ3) is 10.6. The fraction of sp³-hybridized carbons (Fsp3) is 0. The van der Waals surface area contributed by atoms with Crippen LogP contribution in [0.5, 0.6) is 0 Å². The molecule has 0 aliphatic rings. The molecule has 0 fully saturated rings. The van der Waals surface area contributed by atoms with E-state index in [1.165, 1.54) is 0 Å². The van der Waals surface area contributed by atoms with E-state index in [4.69, 9.17) is 10.1 Å². The molecule has 0 bridgehead atoms. The van der Waals surface area contributed by atoms with Crippen LogP contribution >= 0.6 is 0 Å². The summed E-state index contributed by atoms with van der Waals surface area (Å²) in [6.45, 7) is 0. The van der Waals surface area contributed by atoms with Crippen molar-refractivity contribution in [2.45, 2.75) is 0 Å². The van der Waals surface area contributed by atoms with Crippen molar-refractivity contribution in [2.75, 3.05) is 0 Å². The zero-order valence-electron chi connectivity index (χ0n) is 5.73. The Labute approximate surface area is 81.3 Å². The van der Waals surface area contributed by atoms with Gasteiger partial charge in [-0.2, -0.15) is 0 Å². The van der Waals surface area contributed by atoms with Gasteiger partial charge in [-0.1, -0.05) is 36.4 Å². The van der Waals surface area contributed by atoms with E-state index in [9.17, 15) is 0 Å². The van der Waals surface area contributed by atoms with Crippen molar-refractivity contribution in [2.24, 2.45) is 5.34 Å². The van der Waals surface area contributed by atoms with Crippen LogP contribution in [0.25, 0.3) is 0 Å². The molecule has 0 aliphatic heterocycles. The molecule has 3 nitrogen and oxygen atoms in total. The van der Waals surface area contributed by atoms with Crippen LogP contribution in [0.2, 0.25) is 0 Å². The zero-order chi connectivity index (χ0) is 6.95. The van der Waals surface area contributed by atoms with Gasteiger partial charge in [-0.15, -0.1) is 5.34 Å². The summed E-state index contributed by atoms with van der Waals surface area (Å²) < 4.78 is 0. The number of benzene rings is 1. The Morgan fingerprint density at radius 1 is 0.900 bits per heavy atom. The SMILES string of the molecule is O=N[O-].[Na+].c1ccccc1. The Bertz CT molecular complexity index is 119. The predicted octanol–water partition coefficient (Wildman–Crippen LogP) is -1.06. The number of nitrogens with zero attached hydrogens (tertiary/aromatic N) is 1. The third-order valence-electron chi connectivity index (χ3n) is 0.667. The summed E-state index contributed by atoms with van der Waals surface area (Å²) in [4.78, 5) is 8.00. The minimum Gasteiger partial charge on any atom is -0.444 e. The maximum absolute atomic E-state index is 8.00. The van der Waals surface area contributed by atoms with Crippen molar-refractivity contribution in [3.63, 3.8) is 0 Å². The molecule has 1 rings (SSSR count). The van der Waals surface area contributed by atoms with Crippen LogP contribution < -0.4 is 29.6 Å². The molecule has 0 N–H and O–H groups in total. The average molecular weight is 147 g/mol. The molecule has 0 saturated carbocycles. The van der Waals surface area contributed by atoms with Gasteiger partial charge in [-0.05, 0) is 0 Å². The van der Waals surface area contributed by atoms with Crippen LogP contribution in [0, 0.1) is 10.1 Å². The van der Waals surface area contributed by atoms with Crippen molar-refractivity contribution in [3.8, 4) is 0 Å². The van der Waals surface area contributed by atoms with Gasteiger partial charge in [0.15, 0.2) is 0 Å². The van der Waals surface area contributed by atoms with E-state index >= 15 is 0 Å². The van der Waals surface area contributed by atoms with E-state index in [-0.39, 0.29) is 29.6 Å². The molecule has 0 saturated heterocycles. The predicted molar refractivity (Wildman–Crippen MR) is 35.6 cm³/mol. The summed E-state index contributed by atoms with van der Waals surface area (Å²) in [7, 11) is 0. The first-order valence-electron chi connectivity index (χ1n) is 2.37. The Kier molecular flexibility index (Phi) is 14.1. The van der Waals surface area contributed by atoms with E-state index in [1.54, 1.807) is 0 Å². The first kappa shape index (κ1) is 12.3. The van der Waals surface area contributed by atoms with E-state index in [2.05, 4.69) is 0 Å². The Hall–Kier alpha value is -0.380. The van der Waals surface area contributed by atoms with E-state index < -0.39 is 0 Å². The van der Waals surface area contributed by atoms with Gasteiger partial charge in [-0.3, -0.25) is 0 Å². The molecule has 1 aromatic carbocycles. The van der Waals surface area contributed by atoms with Crippen molar-refractivity contribution >= 4 is 0 Å². The monoisotopic (exact) mass is 147 g/mol. The zero-order valence-corrected chi connectivity index (χ0v) is 7.73. The Balaban J connectivity index is 0. The number of hydrogen-bond donors (Lipinski definition) is 0. The molecule has 1 aromatic rings. The van der Waals surface area contributed by atoms with Crippen LogP contribution in [0.4, 0.5) is 0 Å². The van der Waals surface area contributed by atoms with Gasteiger partial charge in [0.1, 0.15) is 0 Å². The largest absolute Gasteiger partial charge is 1.00 e. The van der Waals surface area contributed by atoms with Gasteiger partial charge >= 0.3 is 29.6 Å². The summed E-state index contributed by atoms with van der Waals surface area (Å²) in [6.07, 6.45) is 0. The average Bonchev–Trinajstić information content (AvgIpc) is 1.93. The molecule has 0 atom stereocenters.